The summed E-state index contributed by atoms with van der Waals surface area (Å²) < 4.78 is 52.9. The van der Waals surface area contributed by atoms with E-state index in [1.165, 1.54) is 17.0 Å². The van der Waals surface area contributed by atoms with Crippen LogP contribution in [0.3, 0.4) is 0 Å². The Labute approximate surface area is 237 Å². The quantitative estimate of drug-likeness (QED) is 0.187. The SMILES string of the molecule is CCCCCCC(CCC)C(=O)C1CC(c2cccc(C(F)(F)F)c2C(=O)OC(C)C)CN1C(=O)OC(C)(C)C. The third-order valence-corrected chi connectivity index (χ3v) is 7.09. The highest BCUT2D eigenvalue weighted by Gasteiger charge is 2.46. The fourth-order valence-corrected chi connectivity index (χ4v) is 5.37. The van der Waals surface area contributed by atoms with E-state index in [2.05, 4.69) is 6.92 Å². The number of Topliss-reactive ketones (excluding diaryl/α,β-unsaturated/α-hetero) is 1. The second-order valence-corrected chi connectivity index (χ2v) is 12.0. The van der Waals surface area contributed by atoms with Crippen LogP contribution in [-0.2, 0) is 20.4 Å². The number of ether oxygens (including phenoxy) is 2. The fourth-order valence-electron chi connectivity index (χ4n) is 5.37. The minimum absolute atomic E-state index is 0.0384. The number of ketones is 1. The van der Waals surface area contributed by atoms with Gasteiger partial charge in [-0.05, 0) is 65.5 Å². The van der Waals surface area contributed by atoms with E-state index < -0.39 is 53.0 Å². The van der Waals surface area contributed by atoms with Crippen molar-refractivity contribution in [3.05, 3.63) is 34.9 Å². The smallest absolute Gasteiger partial charge is 0.417 e. The van der Waals surface area contributed by atoms with E-state index in [-0.39, 0.29) is 30.2 Å². The van der Waals surface area contributed by atoms with E-state index in [1.807, 2.05) is 6.92 Å². The number of hydrogen-bond acceptors (Lipinski definition) is 5. The van der Waals surface area contributed by atoms with Gasteiger partial charge < -0.3 is 9.47 Å². The predicted octanol–water partition coefficient (Wildman–Crippen LogP) is 8.32. The van der Waals surface area contributed by atoms with Gasteiger partial charge in [-0.15, -0.1) is 0 Å². The zero-order chi connectivity index (χ0) is 30.3. The van der Waals surface area contributed by atoms with Gasteiger partial charge in [-0.2, -0.15) is 13.2 Å². The lowest BCUT2D eigenvalue weighted by molar-refractivity contribution is -0.138. The topological polar surface area (TPSA) is 72.9 Å². The second kappa shape index (κ2) is 14.4. The molecule has 0 aromatic heterocycles. The molecule has 1 heterocycles. The van der Waals surface area contributed by atoms with E-state index in [9.17, 15) is 27.6 Å². The number of benzene rings is 1. The van der Waals surface area contributed by atoms with Gasteiger partial charge in [-0.3, -0.25) is 9.69 Å². The molecule has 0 bridgehead atoms. The zero-order valence-corrected chi connectivity index (χ0v) is 25.0. The van der Waals surface area contributed by atoms with Gasteiger partial charge in [-0.25, -0.2) is 9.59 Å². The molecule has 1 aromatic rings. The Hall–Kier alpha value is -2.58. The van der Waals surface area contributed by atoms with Gasteiger partial charge in [0.15, 0.2) is 5.78 Å². The highest BCUT2D eigenvalue weighted by atomic mass is 19.4. The molecule has 3 unspecified atom stereocenters. The summed E-state index contributed by atoms with van der Waals surface area (Å²) in [6, 6.07) is 2.72. The minimum Gasteiger partial charge on any atom is -0.459 e. The van der Waals surface area contributed by atoms with E-state index >= 15 is 0 Å². The molecule has 0 aliphatic carbocycles. The summed E-state index contributed by atoms with van der Waals surface area (Å²) in [5, 5.41) is 0. The minimum atomic E-state index is -4.79. The molecule has 1 aliphatic rings. The van der Waals surface area contributed by atoms with Crippen LogP contribution < -0.4 is 0 Å². The summed E-state index contributed by atoms with van der Waals surface area (Å²) >= 11 is 0. The lowest BCUT2D eigenvalue weighted by Crippen LogP contribution is -2.45. The normalized spacial score (nSPS) is 18.6. The summed E-state index contributed by atoms with van der Waals surface area (Å²) in [5.74, 6) is -2.11. The van der Waals surface area contributed by atoms with Crippen molar-refractivity contribution in [1.29, 1.82) is 0 Å². The van der Waals surface area contributed by atoms with Crippen molar-refractivity contribution in [2.24, 2.45) is 5.92 Å². The molecular formula is C31H46F3NO5. The number of likely N-dealkylation sites (tertiary alicyclic amines) is 1. The van der Waals surface area contributed by atoms with Crippen LogP contribution in [0, 0.1) is 5.92 Å². The molecule has 1 fully saturated rings. The number of esters is 1. The van der Waals surface area contributed by atoms with Gasteiger partial charge in [-0.1, -0.05) is 58.1 Å². The fraction of sp³-hybridized carbons (Fsp3) is 0.710. The third-order valence-electron chi connectivity index (χ3n) is 7.09. The highest BCUT2D eigenvalue weighted by molar-refractivity contribution is 5.94. The summed E-state index contributed by atoms with van der Waals surface area (Å²) in [6.07, 6.45) is 0.231. The Kier molecular flexibility index (Phi) is 12.1. The highest BCUT2D eigenvalue weighted by Crippen LogP contribution is 2.41. The largest absolute Gasteiger partial charge is 0.459 e. The standard InChI is InChI=1S/C31H46F3NO5/c1-8-10-11-12-15-21(14-9-2)27(36)25-18-22(19-35(25)29(38)40-30(5,6)7)23-16-13-17-24(31(32,33)34)26(23)28(37)39-20(3)4/h13,16-17,20-22,25H,8-12,14-15,18-19H2,1-7H3. The van der Waals surface area contributed by atoms with Crippen molar-refractivity contribution in [3.63, 3.8) is 0 Å². The first-order valence-electron chi connectivity index (χ1n) is 14.5. The third kappa shape index (κ3) is 9.23. The number of carbonyl (C=O) groups is 3. The van der Waals surface area contributed by atoms with Crippen LogP contribution in [0.2, 0.25) is 0 Å². The van der Waals surface area contributed by atoms with Crippen LogP contribution in [0.1, 0.15) is 127 Å². The van der Waals surface area contributed by atoms with Crippen LogP contribution in [0.4, 0.5) is 18.0 Å². The predicted molar refractivity (Wildman–Crippen MR) is 148 cm³/mol. The first kappa shape index (κ1) is 33.6. The average molecular weight is 570 g/mol. The van der Waals surface area contributed by atoms with Gasteiger partial charge in [0.2, 0.25) is 0 Å². The molecule has 6 nitrogen and oxygen atoms in total. The number of carbonyl (C=O) groups excluding carboxylic acids is 3. The van der Waals surface area contributed by atoms with Gasteiger partial charge in [0, 0.05) is 18.4 Å². The molecule has 0 spiro atoms. The average Bonchev–Trinajstić information content (AvgIpc) is 3.28. The monoisotopic (exact) mass is 569 g/mol. The van der Waals surface area contributed by atoms with Gasteiger partial charge in [0.25, 0.3) is 0 Å². The summed E-state index contributed by atoms with van der Waals surface area (Å²) in [7, 11) is 0. The van der Waals surface area contributed by atoms with Gasteiger partial charge >= 0.3 is 18.2 Å². The molecule has 1 saturated heterocycles. The van der Waals surface area contributed by atoms with Crippen LogP contribution in [-0.4, -0.2) is 47.0 Å². The molecule has 1 aliphatic heterocycles. The van der Waals surface area contributed by atoms with Gasteiger partial charge in [0.1, 0.15) is 5.60 Å². The van der Waals surface area contributed by atoms with Crippen molar-refractivity contribution in [1.82, 2.24) is 4.90 Å². The number of nitrogens with zero attached hydrogens (tertiary/aromatic N) is 1. The lowest BCUT2D eigenvalue weighted by atomic mass is 9.84. The molecule has 3 atom stereocenters. The van der Waals surface area contributed by atoms with Crippen molar-refractivity contribution < 1.29 is 37.0 Å². The number of alkyl halides is 3. The first-order chi connectivity index (χ1) is 18.6. The van der Waals surface area contributed by atoms with E-state index in [4.69, 9.17) is 9.47 Å². The van der Waals surface area contributed by atoms with E-state index in [0.717, 1.165) is 38.2 Å². The van der Waals surface area contributed by atoms with Crippen LogP contribution in [0.15, 0.2) is 18.2 Å². The molecule has 0 N–H and O–H groups in total. The first-order valence-corrected chi connectivity index (χ1v) is 14.5. The maximum Gasteiger partial charge on any atom is 0.417 e. The molecule has 2 rings (SSSR count). The molecular weight excluding hydrogens is 523 g/mol. The van der Waals surface area contributed by atoms with Crippen molar-refractivity contribution in [3.8, 4) is 0 Å². The van der Waals surface area contributed by atoms with Crippen molar-refractivity contribution in [2.75, 3.05) is 6.54 Å². The lowest BCUT2D eigenvalue weighted by Gasteiger charge is -2.29. The molecule has 1 aromatic carbocycles. The number of halogens is 3. The Morgan fingerprint density at radius 2 is 1.68 bits per heavy atom. The Morgan fingerprint density at radius 1 is 1.00 bits per heavy atom. The van der Waals surface area contributed by atoms with Crippen LogP contribution in [0.5, 0.6) is 0 Å². The van der Waals surface area contributed by atoms with E-state index in [1.54, 1.807) is 34.6 Å². The molecule has 9 heteroatoms. The molecule has 1 amide bonds. The van der Waals surface area contributed by atoms with Gasteiger partial charge in [0.05, 0.1) is 23.3 Å². The zero-order valence-electron chi connectivity index (χ0n) is 25.0. The van der Waals surface area contributed by atoms with Crippen molar-refractivity contribution in [2.45, 2.75) is 130 Å². The molecule has 40 heavy (non-hydrogen) atoms. The van der Waals surface area contributed by atoms with Crippen molar-refractivity contribution >= 4 is 17.8 Å². The second-order valence-electron chi connectivity index (χ2n) is 12.0. The Bertz CT molecular complexity index is 1020. The summed E-state index contributed by atoms with van der Waals surface area (Å²) in [6.45, 7) is 12.4. The Morgan fingerprint density at radius 3 is 2.23 bits per heavy atom. The number of unbranched alkanes of at least 4 members (excludes halogenated alkanes) is 3. The van der Waals surface area contributed by atoms with Crippen LogP contribution >= 0.6 is 0 Å². The molecule has 0 saturated carbocycles. The maximum absolute atomic E-state index is 14.0. The number of hydrogen-bond donors (Lipinski definition) is 0. The maximum atomic E-state index is 14.0. The molecule has 226 valence electrons. The number of amides is 1. The Balaban J connectivity index is 2.53. The van der Waals surface area contributed by atoms with E-state index in [0.29, 0.717) is 12.8 Å². The summed E-state index contributed by atoms with van der Waals surface area (Å²) in [5.41, 5.74) is -2.35. The molecule has 0 radical (unpaired) electrons. The van der Waals surface area contributed by atoms with Crippen LogP contribution in [0.25, 0.3) is 0 Å². The summed E-state index contributed by atoms with van der Waals surface area (Å²) in [4.78, 5) is 41.6. The number of rotatable bonds is 12.